The van der Waals surface area contributed by atoms with E-state index in [0.29, 0.717) is 10.0 Å². The van der Waals surface area contributed by atoms with Crippen molar-refractivity contribution in [2.45, 2.75) is 25.8 Å². The van der Waals surface area contributed by atoms with Crippen LogP contribution >= 0.6 is 23.2 Å². The van der Waals surface area contributed by atoms with Crippen molar-refractivity contribution in [1.29, 1.82) is 0 Å². The molecule has 0 spiro atoms. The molecular formula is C23H29Cl2N3O. The van der Waals surface area contributed by atoms with Crippen LogP contribution in [-0.2, 0) is 11.3 Å². The van der Waals surface area contributed by atoms with Gasteiger partial charge in [-0.3, -0.25) is 9.69 Å². The maximum Gasteiger partial charge on any atom is 0.223 e. The van der Waals surface area contributed by atoms with Crippen molar-refractivity contribution in [1.82, 2.24) is 10.2 Å². The Balaban J connectivity index is 1.34. The summed E-state index contributed by atoms with van der Waals surface area (Å²) in [6.45, 7) is 4.26. The van der Waals surface area contributed by atoms with Crippen LogP contribution in [0, 0.1) is 5.92 Å². The molecule has 1 aliphatic heterocycles. The van der Waals surface area contributed by atoms with E-state index in [9.17, 15) is 4.79 Å². The van der Waals surface area contributed by atoms with E-state index in [1.165, 1.54) is 5.69 Å². The molecule has 0 unspecified atom stereocenters. The summed E-state index contributed by atoms with van der Waals surface area (Å²) in [7, 11) is 2.08. The fourth-order valence-electron chi connectivity index (χ4n) is 3.73. The number of piperidine rings is 1. The van der Waals surface area contributed by atoms with Crippen LogP contribution in [0.25, 0.3) is 0 Å². The number of amides is 1. The molecule has 3 rings (SSSR count). The summed E-state index contributed by atoms with van der Waals surface area (Å²) in [4.78, 5) is 17.1. The number of para-hydroxylation sites is 1. The zero-order valence-corrected chi connectivity index (χ0v) is 18.4. The van der Waals surface area contributed by atoms with Crippen molar-refractivity contribution in [3.63, 3.8) is 0 Å². The fourth-order valence-corrected chi connectivity index (χ4v) is 4.20. The lowest BCUT2D eigenvalue weighted by Gasteiger charge is -2.31. The number of halogens is 2. The number of benzene rings is 2. The van der Waals surface area contributed by atoms with E-state index in [1.54, 1.807) is 6.07 Å². The Morgan fingerprint density at radius 1 is 1.14 bits per heavy atom. The highest BCUT2D eigenvalue weighted by atomic mass is 35.5. The minimum atomic E-state index is 0.110. The molecule has 2 aromatic carbocycles. The van der Waals surface area contributed by atoms with Gasteiger partial charge in [-0.2, -0.15) is 0 Å². The third-order valence-electron chi connectivity index (χ3n) is 5.53. The number of nitrogens with zero attached hydrogens (tertiary/aromatic N) is 2. The van der Waals surface area contributed by atoms with Crippen LogP contribution in [0.3, 0.4) is 0 Å². The third kappa shape index (κ3) is 6.63. The van der Waals surface area contributed by atoms with Gasteiger partial charge in [-0.05, 0) is 62.2 Å². The highest BCUT2D eigenvalue weighted by molar-refractivity contribution is 6.35. The lowest BCUT2D eigenvalue weighted by molar-refractivity contribution is -0.126. The molecule has 0 saturated carbocycles. The molecule has 1 N–H and O–H groups in total. The van der Waals surface area contributed by atoms with Crippen LogP contribution in [0.1, 0.15) is 24.8 Å². The van der Waals surface area contributed by atoms with Gasteiger partial charge in [-0.25, -0.2) is 0 Å². The van der Waals surface area contributed by atoms with Crippen molar-refractivity contribution < 1.29 is 4.79 Å². The van der Waals surface area contributed by atoms with Crippen molar-refractivity contribution in [2.24, 2.45) is 5.92 Å². The molecule has 0 radical (unpaired) electrons. The van der Waals surface area contributed by atoms with Gasteiger partial charge in [0.1, 0.15) is 0 Å². The highest BCUT2D eigenvalue weighted by Crippen LogP contribution is 2.25. The van der Waals surface area contributed by atoms with E-state index in [1.807, 2.05) is 30.3 Å². The number of carbonyl (C=O) groups excluding carboxylic acids is 1. The van der Waals surface area contributed by atoms with E-state index >= 15 is 0 Å². The van der Waals surface area contributed by atoms with Gasteiger partial charge < -0.3 is 10.2 Å². The molecule has 1 amide bonds. The zero-order valence-electron chi connectivity index (χ0n) is 16.9. The highest BCUT2D eigenvalue weighted by Gasteiger charge is 2.25. The quantitative estimate of drug-likeness (QED) is 0.604. The molecule has 6 heteroatoms. The van der Waals surface area contributed by atoms with Gasteiger partial charge >= 0.3 is 0 Å². The van der Waals surface area contributed by atoms with Gasteiger partial charge in [0.15, 0.2) is 0 Å². The fraction of sp³-hybridized carbons (Fsp3) is 0.435. The predicted octanol–water partition coefficient (Wildman–Crippen LogP) is 4.85. The molecule has 1 aliphatic rings. The Labute approximate surface area is 183 Å². The van der Waals surface area contributed by atoms with E-state index in [0.717, 1.165) is 57.5 Å². The zero-order chi connectivity index (χ0) is 20.6. The number of carbonyl (C=O) groups is 1. The normalized spacial score (nSPS) is 15.3. The first-order valence-electron chi connectivity index (χ1n) is 10.2. The maximum atomic E-state index is 12.5. The second-order valence-electron chi connectivity index (χ2n) is 7.69. The first kappa shape index (κ1) is 21.9. The number of hydrogen-bond donors (Lipinski definition) is 1. The van der Waals surface area contributed by atoms with E-state index in [2.05, 4.69) is 34.3 Å². The molecular weight excluding hydrogens is 405 g/mol. The topological polar surface area (TPSA) is 35.6 Å². The summed E-state index contributed by atoms with van der Waals surface area (Å²) in [6.07, 6.45) is 2.72. The minimum Gasteiger partial charge on any atom is -0.375 e. The van der Waals surface area contributed by atoms with Gasteiger partial charge in [-0.1, -0.05) is 47.5 Å². The SMILES string of the molecule is CN(CCCNC(=O)C1CCN(Cc2ccc(Cl)cc2Cl)CC1)c1ccccc1. The average Bonchev–Trinajstić information content (AvgIpc) is 2.74. The third-order valence-corrected chi connectivity index (χ3v) is 6.12. The molecule has 0 bridgehead atoms. The van der Waals surface area contributed by atoms with Crippen LogP contribution in [-0.4, -0.2) is 44.0 Å². The standard InChI is InChI=1S/C23H29Cl2N3O/c1-27(21-6-3-2-4-7-21)13-5-12-26-23(29)18-10-14-28(15-11-18)17-19-8-9-20(24)16-22(19)25/h2-4,6-9,16,18H,5,10-15,17H2,1H3,(H,26,29). The van der Waals surface area contributed by atoms with Gasteiger partial charge in [0.25, 0.3) is 0 Å². The van der Waals surface area contributed by atoms with Crippen LogP contribution in [0.15, 0.2) is 48.5 Å². The number of rotatable bonds is 8. The summed E-state index contributed by atoms with van der Waals surface area (Å²) in [5.41, 5.74) is 2.29. The maximum absolute atomic E-state index is 12.5. The predicted molar refractivity (Wildman–Crippen MR) is 122 cm³/mol. The molecule has 0 aliphatic carbocycles. The second kappa shape index (κ2) is 10.9. The largest absolute Gasteiger partial charge is 0.375 e. The number of likely N-dealkylation sites (tertiary alicyclic amines) is 1. The monoisotopic (exact) mass is 433 g/mol. The Bertz CT molecular complexity index is 792. The Morgan fingerprint density at radius 3 is 2.55 bits per heavy atom. The molecule has 1 fully saturated rings. The summed E-state index contributed by atoms with van der Waals surface area (Å²) in [6, 6.07) is 15.9. The summed E-state index contributed by atoms with van der Waals surface area (Å²) in [5.74, 6) is 0.301. The Kier molecular flexibility index (Phi) is 8.22. The average molecular weight is 434 g/mol. The first-order valence-corrected chi connectivity index (χ1v) is 11.0. The molecule has 0 aromatic heterocycles. The van der Waals surface area contributed by atoms with Gasteiger partial charge in [-0.15, -0.1) is 0 Å². The summed E-state index contributed by atoms with van der Waals surface area (Å²) >= 11 is 12.3. The molecule has 1 saturated heterocycles. The van der Waals surface area contributed by atoms with E-state index in [4.69, 9.17) is 23.2 Å². The lowest BCUT2D eigenvalue weighted by atomic mass is 9.95. The molecule has 156 valence electrons. The van der Waals surface area contributed by atoms with Crippen molar-refractivity contribution in [2.75, 3.05) is 38.1 Å². The number of hydrogen-bond acceptors (Lipinski definition) is 3. The van der Waals surface area contributed by atoms with E-state index in [-0.39, 0.29) is 11.8 Å². The Hall–Kier alpha value is -1.75. The van der Waals surface area contributed by atoms with Crippen LogP contribution in [0.5, 0.6) is 0 Å². The first-order chi connectivity index (χ1) is 14.0. The van der Waals surface area contributed by atoms with Crippen molar-refractivity contribution in [3.05, 3.63) is 64.1 Å². The smallest absolute Gasteiger partial charge is 0.223 e. The molecule has 29 heavy (non-hydrogen) atoms. The van der Waals surface area contributed by atoms with Gasteiger partial charge in [0.05, 0.1) is 0 Å². The van der Waals surface area contributed by atoms with Crippen LogP contribution in [0.4, 0.5) is 5.69 Å². The molecule has 2 aromatic rings. The minimum absolute atomic E-state index is 0.110. The van der Waals surface area contributed by atoms with Crippen molar-refractivity contribution >= 4 is 34.8 Å². The van der Waals surface area contributed by atoms with Crippen LogP contribution < -0.4 is 10.2 Å². The molecule has 0 atom stereocenters. The number of anilines is 1. The summed E-state index contributed by atoms with van der Waals surface area (Å²) in [5, 5.41) is 4.48. The van der Waals surface area contributed by atoms with Gasteiger partial charge in [0, 0.05) is 48.3 Å². The lowest BCUT2D eigenvalue weighted by Crippen LogP contribution is -2.40. The van der Waals surface area contributed by atoms with E-state index < -0.39 is 0 Å². The van der Waals surface area contributed by atoms with Crippen molar-refractivity contribution in [3.8, 4) is 0 Å². The summed E-state index contributed by atoms with van der Waals surface area (Å²) < 4.78 is 0. The Morgan fingerprint density at radius 2 is 1.86 bits per heavy atom. The number of nitrogens with one attached hydrogen (secondary N) is 1. The molecule has 1 heterocycles. The van der Waals surface area contributed by atoms with Crippen LogP contribution in [0.2, 0.25) is 10.0 Å². The molecule has 4 nitrogen and oxygen atoms in total. The van der Waals surface area contributed by atoms with Gasteiger partial charge in [0.2, 0.25) is 5.91 Å². The second-order valence-corrected chi connectivity index (χ2v) is 8.53.